The Kier molecular flexibility index (Phi) is 3.74. The molecule has 1 aromatic carbocycles. The van der Waals surface area contributed by atoms with Crippen LogP contribution in [0.2, 0.25) is 0 Å². The topological polar surface area (TPSA) is 67.2 Å². The molecule has 0 spiro atoms. The first kappa shape index (κ1) is 12.3. The number of carbonyl (C=O) groups excluding carboxylic acids is 1. The van der Waals surface area contributed by atoms with E-state index in [-0.39, 0.29) is 11.7 Å². The lowest BCUT2D eigenvalue weighted by atomic mass is 10.2. The number of nitrogens with one attached hydrogen (secondary N) is 2. The highest BCUT2D eigenvalue weighted by atomic mass is 16.4. The van der Waals surface area contributed by atoms with E-state index in [0.717, 1.165) is 11.3 Å². The molecule has 0 aliphatic heterocycles. The lowest BCUT2D eigenvalue weighted by Crippen LogP contribution is -2.11. The van der Waals surface area contributed by atoms with Crippen molar-refractivity contribution in [3.8, 4) is 0 Å². The summed E-state index contributed by atoms with van der Waals surface area (Å²) in [6, 6.07) is 7.56. The van der Waals surface area contributed by atoms with Crippen LogP contribution in [0.5, 0.6) is 0 Å². The smallest absolute Gasteiger partial charge is 0.293 e. The molecular formula is C13H15N3O2. The van der Waals surface area contributed by atoms with Crippen LogP contribution < -0.4 is 10.6 Å². The van der Waals surface area contributed by atoms with E-state index in [4.69, 9.17) is 4.42 Å². The van der Waals surface area contributed by atoms with Crippen molar-refractivity contribution in [3.05, 3.63) is 47.7 Å². The molecule has 0 atom stereocenters. The van der Waals surface area contributed by atoms with Gasteiger partial charge in [0.15, 0.2) is 0 Å². The van der Waals surface area contributed by atoms with Crippen molar-refractivity contribution >= 4 is 11.6 Å². The predicted molar refractivity (Wildman–Crippen MR) is 68.4 cm³/mol. The molecule has 0 bridgehead atoms. The van der Waals surface area contributed by atoms with Crippen molar-refractivity contribution in [2.24, 2.45) is 0 Å². The van der Waals surface area contributed by atoms with Crippen molar-refractivity contribution < 1.29 is 9.21 Å². The molecular weight excluding hydrogens is 230 g/mol. The maximum atomic E-state index is 11.9. The van der Waals surface area contributed by atoms with Gasteiger partial charge in [0, 0.05) is 5.69 Å². The molecule has 0 aliphatic rings. The number of rotatable bonds is 4. The van der Waals surface area contributed by atoms with Gasteiger partial charge in [-0.3, -0.25) is 4.79 Å². The van der Waals surface area contributed by atoms with Crippen LogP contribution in [0.15, 0.2) is 34.9 Å². The summed E-state index contributed by atoms with van der Waals surface area (Å²) in [4.78, 5) is 15.8. The lowest BCUT2D eigenvalue weighted by Gasteiger charge is -2.02. The number of oxazole rings is 1. The molecule has 0 radical (unpaired) electrons. The Hall–Kier alpha value is -2.14. The molecule has 2 aromatic rings. The predicted octanol–water partition coefficient (Wildman–Crippen LogP) is 1.95. The summed E-state index contributed by atoms with van der Waals surface area (Å²) in [6.07, 6.45) is 1.43. The Bertz CT molecular complexity index is 531. The number of hydrogen-bond donors (Lipinski definition) is 2. The van der Waals surface area contributed by atoms with Crippen molar-refractivity contribution in [1.82, 2.24) is 10.3 Å². The van der Waals surface area contributed by atoms with Crippen LogP contribution in [-0.2, 0) is 6.54 Å². The van der Waals surface area contributed by atoms with Gasteiger partial charge in [0.05, 0.1) is 12.7 Å². The number of hydrogen-bond acceptors (Lipinski definition) is 4. The molecule has 0 unspecified atom stereocenters. The Morgan fingerprint density at radius 2 is 2.06 bits per heavy atom. The van der Waals surface area contributed by atoms with Crippen LogP contribution in [0.4, 0.5) is 5.69 Å². The van der Waals surface area contributed by atoms with Crippen LogP contribution in [0.25, 0.3) is 0 Å². The quantitative estimate of drug-likeness (QED) is 0.864. The maximum absolute atomic E-state index is 11.9. The van der Waals surface area contributed by atoms with E-state index >= 15 is 0 Å². The maximum Gasteiger partial charge on any atom is 0.293 e. The van der Waals surface area contributed by atoms with E-state index in [1.54, 1.807) is 7.05 Å². The fourth-order valence-electron chi connectivity index (χ4n) is 1.48. The van der Waals surface area contributed by atoms with E-state index in [2.05, 4.69) is 15.6 Å². The molecule has 0 saturated heterocycles. The minimum atomic E-state index is -0.297. The molecule has 1 aromatic heterocycles. The van der Waals surface area contributed by atoms with E-state index in [9.17, 15) is 4.79 Å². The third-order valence-electron chi connectivity index (χ3n) is 2.41. The largest absolute Gasteiger partial charge is 0.434 e. The van der Waals surface area contributed by atoms with Crippen molar-refractivity contribution in [3.63, 3.8) is 0 Å². The highest BCUT2D eigenvalue weighted by Gasteiger charge is 2.12. The second-order valence-corrected chi connectivity index (χ2v) is 3.97. The molecule has 0 saturated carbocycles. The SMILES string of the molecule is CNCc1ncc(C(=O)Nc2ccc(C)cc2)o1. The lowest BCUT2D eigenvalue weighted by molar-refractivity contribution is 0.0994. The van der Waals surface area contributed by atoms with E-state index in [1.165, 1.54) is 6.20 Å². The zero-order valence-corrected chi connectivity index (χ0v) is 10.4. The number of nitrogens with zero attached hydrogens (tertiary/aromatic N) is 1. The Labute approximate surface area is 105 Å². The number of benzene rings is 1. The zero-order valence-electron chi connectivity index (χ0n) is 10.4. The molecule has 2 rings (SSSR count). The summed E-state index contributed by atoms with van der Waals surface area (Å²) in [5.74, 6) is 0.404. The van der Waals surface area contributed by atoms with Gasteiger partial charge in [-0.1, -0.05) is 17.7 Å². The van der Waals surface area contributed by atoms with E-state index < -0.39 is 0 Å². The van der Waals surface area contributed by atoms with Gasteiger partial charge in [-0.15, -0.1) is 0 Å². The minimum absolute atomic E-state index is 0.209. The van der Waals surface area contributed by atoms with Gasteiger partial charge in [-0.25, -0.2) is 4.98 Å². The van der Waals surface area contributed by atoms with Crippen molar-refractivity contribution in [2.45, 2.75) is 13.5 Å². The summed E-state index contributed by atoms with van der Waals surface area (Å²) in [7, 11) is 1.79. The van der Waals surface area contributed by atoms with Crippen LogP contribution in [-0.4, -0.2) is 17.9 Å². The standard InChI is InChI=1S/C13H15N3O2/c1-9-3-5-10(6-4-9)16-13(17)11-7-15-12(18-11)8-14-2/h3-7,14H,8H2,1-2H3,(H,16,17). The first-order valence-corrected chi connectivity index (χ1v) is 5.66. The third kappa shape index (κ3) is 2.95. The summed E-state index contributed by atoms with van der Waals surface area (Å²) < 4.78 is 5.30. The molecule has 5 heteroatoms. The van der Waals surface area contributed by atoms with E-state index in [1.807, 2.05) is 31.2 Å². The highest BCUT2D eigenvalue weighted by molar-refractivity contribution is 6.02. The van der Waals surface area contributed by atoms with Crippen LogP contribution in [0.3, 0.4) is 0 Å². The average molecular weight is 245 g/mol. The monoisotopic (exact) mass is 245 g/mol. The molecule has 5 nitrogen and oxygen atoms in total. The first-order valence-electron chi connectivity index (χ1n) is 5.66. The van der Waals surface area contributed by atoms with Crippen LogP contribution in [0, 0.1) is 6.92 Å². The fraction of sp³-hybridized carbons (Fsp3) is 0.231. The second kappa shape index (κ2) is 5.46. The van der Waals surface area contributed by atoms with Crippen molar-refractivity contribution in [1.29, 1.82) is 0 Å². The normalized spacial score (nSPS) is 10.3. The summed E-state index contributed by atoms with van der Waals surface area (Å²) >= 11 is 0. The van der Waals surface area contributed by atoms with Gasteiger partial charge in [0.2, 0.25) is 11.7 Å². The van der Waals surface area contributed by atoms with Gasteiger partial charge in [-0.05, 0) is 26.1 Å². The molecule has 18 heavy (non-hydrogen) atoms. The number of aromatic nitrogens is 1. The van der Waals surface area contributed by atoms with Gasteiger partial charge >= 0.3 is 0 Å². The van der Waals surface area contributed by atoms with Crippen LogP contribution in [0.1, 0.15) is 22.0 Å². The van der Waals surface area contributed by atoms with Gasteiger partial charge in [-0.2, -0.15) is 0 Å². The number of anilines is 1. The van der Waals surface area contributed by atoms with Gasteiger partial charge in [0.1, 0.15) is 0 Å². The van der Waals surface area contributed by atoms with Gasteiger partial charge in [0.25, 0.3) is 5.91 Å². The molecule has 2 N–H and O–H groups in total. The average Bonchev–Trinajstić information content (AvgIpc) is 2.81. The Balaban J connectivity index is 2.04. The summed E-state index contributed by atoms with van der Waals surface area (Å²) in [5, 5.41) is 5.65. The zero-order chi connectivity index (χ0) is 13.0. The molecule has 0 fully saturated rings. The Morgan fingerprint density at radius 3 is 2.72 bits per heavy atom. The Morgan fingerprint density at radius 1 is 1.33 bits per heavy atom. The van der Waals surface area contributed by atoms with Gasteiger partial charge < -0.3 is 15.1 Å². The third-order valence-corrected chi connectivity index (χ3v) is 2.41. The minimum Gasteiger partial charge on any atom is -0.434 e. The molecule has 94 valence electrons. The fourth-order valence-corrected chi connectivity index (χ4v) is 1.48. The summed E-state index contributed by atoms with van der Waals surface area (Å²) in [5.41, 5.74) is 1.88. The summed E-state index contributed by atoms with van der Waals surface area (Å²) in [6.45, 7) is 2.49. The number of amides is 1. The molecule has 1 heterocycles. The highest BCUT2D eigenvalue weighted by Crippen LogP contribution is 2.11. The number of aryl methyl sites for hydroxylation is 1. The first-order chi connectivity index (χ1) is 8.69. The number of carbonyl (C=O) groups is 1. The van der Waals surface area contributed by atoms with E-state index in [0.29, 0.717) is 12.4 Å². The van der Waals surface area contributed by atoms with Crippen LogP contribution >= 0.6 is 0 Å². The molecule has 0 aliphatic carbocycles. The molecule has 1 amide bonds. The van der Waals surface area contributed by atoms with Crippen molar-refractivity contribution in [2.75, 3.05) is 12.4 Å². The second-order valence-electron chi connectivity index (χ2n) is 3.97.